The monoisotopic (exact) mass is 301 g/mol. The van der Waals surface area contributed by atoms with E-state index in [0.29, 0.717) is 11.1 Å². The summed E-state index contributed by atoms with van der Waals surface area (Å²) in [6, 6.07) is 4.62. The van der Waals surface area contributed by atoms with Gasteiger partial charge in [-0.1, -0.05) is 12.1 Å². The highest BCUT2D eigenvalue weighted by molar-refractivity contribution is 7.88. The van der Waals surface area contributed by atoms with Crippen LogP contribution in [0.3, 0.4) is 0 Å². The molecule has 110 valence electrons. The molecular formula is C12H15NO6S. The van der Waals surface area contributed by atoms with Gasteiger partial charge >= 0.3 is 11.9 Å². The molecule has 8 heteroatoms. The summed E-state index contributed by atoms with van der Waals surface area (Å²) in [5, 5.41) is 8.66. The van der Waals surface area contributed by atoms with E-state index in [-0.39, 0.29) is 5.75 Å². The summed E-state index contributed by atoms with van der Waals surface area (Å²) in [5.74, 6) is -2.14. The number of ether oxygens (including phenoxy) is 1. The molecule has 0 aliphatic rings. The van der Waals surface area contributed by atoms with E-state index in [4.69, 9.17) is 5.11 Å². The SMILES string of the molecule is COC(=O)c1ccc(CS(=O)(=O)N[C@@H](C)C(=O)O)cc1. The Labute approximate surface area is 116 Å². The molecule has 0 heterocycles. The van der Waals surface area contributed by atoms with Gasteiger partial charge in [0.05, 0.1) is 18.4 Å². The van der Waals surface area contributed by atoms with Crippen molar-refractivity contribution in [1.29, 1.82) is 0 Å². The molecule has 7 nitrogen and oxygen atoms in total. The van der Waals surface area contributed by atoms with Crippen molar-refractivity contribution >= 4 is 22.0 Å². The van der Waals surface area contributed by atoms with Crippen molar-refractivity contribution in [2.75, 3.05) is 7.11 Å². The summed E-state index contributed by atoms with van der Waals surface area (Å²) in [4.78, 5) is 21.8. The predicted octanol–water partition coefficient (Wildman–Crippen LogP) is 0.366. The first-order valence-electron chi connectivity index (χ1n) is 5.65. The van der Waals surface area contributed by atoms with E-state index in [9.17, 15) is 18.0 Å². The fourth-order valence-corrected chi connectivity index (χ4v) is 2.79. The van der Waals surface area contributed by atoms with Crippen molar-refractivity contribution in [1.82, 2.24) is 4.72 Å². The van der Waals surface area contributed by atoms with Gasteiger partial charge in [-0.05, 0) is 24.6 Å². The van der Waals surface area contributed by atoms with Gasteiger partial charge in [0.15, 0.2) is 0 Å². The molecule has 0 saturated heterocycles. The Morgan fingerprint density at radius 1 is 1.30 bits per heavy atom. The second kappa shape index (κ2) is 6.49. The van der Waals surface area contributed by atoms with Gasteiger partial charge in [-0.15, -0.1) is 0 Å². The van der Waals surface area contributed by atoms with Crippen LogP contribution in [0, 0.1) is 0 Å². The second-order valence-electron chi connectivity index (χ2n) is 4.13. The first-order valence-corrected chi connectivity index (χ1v) is 7.30. The van der Waals surface area contributed by atoms with Crippen molar-refractivity contribution in [3.8, 4) is 0 Å². The Kier molecular flexibility index (Phi) is 5.23. The molecule has 1 aromatic rings. The van der Waals surface area contributed by atoms with E-state index >= 15 is 0 Å². The van der Waals surface area contributed by atoms with E-state index < -0.39 is 28.0 Å². The van der Waals surface area contributed by atoms with Gasteiger partial charge in [0, 0.05) is 0 Å². The summed E-state index contributed by atoms with van der Waals surface area (Å²) in [6.07, 6.45) is 0. The third-order valence-electron chi connectivity index (χ3n) is 2.46. The van der Waals surface area contributed by atoms with E-state index in [1.165, 1.54) is 38.3 Å². The average molecular weight is 301 g/mol. The van der Waals surface area contributed by atoms with Crippen LogP contribution in [0.1, 0.15) is 22.8 Å². The number of sulfonamides is 1. The van der Waals surface area contributed by atoms with Gasteiger partial charge in [-0.3, -0.25) is 4.79 Å². The number of hydrogen-bond acceptors (Lipinski definition) is 5. The number of nitrogens with one attached hydrogen (secondary N) is 1. The van der Waals surface area contributed by atoms with Gasteiger partial charge in [0.1, 0.15) is 6.04 Å². The molecule has 0 saturated carbocycles. The highest BCUT2D eigenvalue weighted by Crippen LogP contribution is 2.09. The number of benzene rings is 1. The number of carboxylic acids is 1. The lowest BCUT2D eigenvalue weighted by Gasteiger charge is -2.10. The Hall–Kier alpha value is -1.93. The summed E-state index contributed by atoms with van der Waals surface area (Å²) in [6.45, 7) is 1.24. The maximum atomic E-state index is 11.7. The Balaban J connectivity index is 2.78. The van der Waals surface area contributed by atoms with Gasteiger partial charge in [0.2, 0.25) is 10.0 Å². The third-order valence-corrected chi connectivity index (χ3v) is 3.88. The van der Waals surface area contributed by atoms with Gasteiger partial charge in [-0.2, -0.15) is 0 Å². The summed E-state index contributed by atoms with van der Waals surface area (Å²) in [7, 11) is -2.52. The number of hydrogen-bond donors (Lipinski definition) is 2. The molecule has 0 radical (unpaired) electrons. The molecule has 0 amide bonds. The predicted molar refractivity (Wildman–Crippen MR) is 70.6 cm³/mol. The minimum atomic E-state index is -3.76. The number of carbonyl (C=O) groups excluding carboxylic acids is 1. The highest BCUT2D eigenvalue weighted by Gasteiger charge is 2.20. The zero-order chi connectivity index (χ0) is 15.3. The lowest BCUT2D eigenvalue weighted by molar-refractivity contribution is -0.138. The number of carboxylic acid groups (broad SMARTS) is 1. The van der Waals surface area contributed by atoms with Crippen molar-refractivity contribution in [2.45, 2.75) is 18.7 Å². The first kappa shape index (κ1) is 16.1. The van der Waals surface area contributed by atoms with Crippen LogP contribution in [0.15, 0.2) is 24.3 Å². The fraction of sp³-hybridized carbons (Fsp3) is 0.333. The molecule has 1 aromatic carbocycles. The van der Waals surface area contributed by atoms with Crippen LogP contribution in [0.4, 0.5) is 0 Å². The average Bonchev–Trinajstić information content (AvgIpc) is 2.37. The zero-order valence-electron chi connectivity index (χ0n) is 11.0. The molecule has 0 fully saturated rings. The van der Waals surface area contributed by atoms with Crippen LogP contribution >= 0.6 is 0 Å². The van der Waals surface area contributed by atoms with E-state index in [1.807, 2.05) is 4.72 Å². The number of rotatable bonds is 6. The van der Waals surface area contributed by atoms with Crippen molar-refractivity contribution < 1.29 is 27.9 Å². The van der Waals surface area contributed by atoms with Crippen LogP contribution < -0.4 is 4.72 Å². The zero-order valence-corrected chi connectivity index (χ0v) is 11.8. The Morgan fingerprint density at radius 2 is 1.85 bits per heavy atom. The van der Waals surface area contributed by atoms with Crippen LogP contribution in [0.2, 0.25) is 0 Å². The van der Waals surface area contributed by atoms with Gasteiger partial charge in [0.25, 0.3) is 0 Å². The molecule has 20 heavy (non-hydrogen) atoms. The van der Waals surface area contributed by atoms with Gasteiger partial charge < -0.3 is 9.84 Å². The summed E-state index contributed by atoms with van der Waals surface area (Å²) < 4.78 is 30.0. The molecule has 0 spiro atoms. The fourth-order valence-electron chi connectivity index (χ4n) is 1.44. The minimum absolute atomic E-state index is 0.306. The topological polar surface area (TPSA) is 110 Å². The number of carbonyl (C=O) groups is 2. The smallest absolute Gasteiger partial charge is 0.337 e. The Morgan fingerprint density at radius 3 is 2.30 bits per heavy atom. The molecule has 2 N–H and O–H groups in total. The van der Waals surface area contributed by atoms with Gasteiger partial charge in [-0.25, -0.2) is 17.9 Å². The molecule has 0 bridgehead atoms. The maximum Gasteiger partial charge on any atom is 0.337 e. The first-order chi connectivity index (χ1) is 9.25. The summed E-state index contributed by atoms with van der Waals surface area (Å²) >= 11 is 0. The highest BCUT2D eigenvalue weighted by atomic mass is 32.2. The molecule has 1 rings (SSSR count). The van der Waals surface area contributed by atoms with Crippen LogP contribution in [0.5, 0.6) is 0 Å². The molecule has 0 unspecified atom stereocenters. The van der Waals surface area contributed by atoms with Crippen molar-refractivity contribution in [3.05, 3.63) is 35.4 Å². The van der Waals surface area contributed by atoms with Crippen LogP contribution in [-0.4, -0.2) is 38.6 Å². The standard InChI is InChI=1S/C12H15NO6S/c1-8(11(14)15)13-20(17,18)7-9-3-5-10(6-4-9)12(16)19-2/h3-6,8,13H,7H2,1-2H3,(H,14,15)/t8-/m0/s1. The Bertz CT molecular complexity index is 593. The quantitative estimate of drug-likeness (QED) is 0.734. The second-order valence-corrected chi connectivity index (χ2v) is 5.88. The number of esters is 1. The van der Waals surface area contributed by atoms with E-state index in [2.05, 4.69) is 4.74 Å². The largest absolute Gasteiger partial charge is 0.480 e. The van der Waals surface area contributed by atoms with Crippen molar-refractivity contribution in [2.24, 2.45) is 0 Å². The lowest BCUT2D eigenvalue weighted by Crippen LogP contribution is -2.38. The third kappa shape index (κ3) is 4.63. The molecule has 0 aliphatic carbocycles. The minimum Gasteiger partial charge on any atom is -0.480 e. The summed E-state index contributed by atoms with van der Waals surface area (Å²) in [5.41, 5.74) is 0.739. The van der Waals surface area contributed by atoms with Crippen LogP contribution in [-0.2, 0) is 25.3 Å². The molecule has 0 aromatic heterocycles. The van der Waals surface area contributed by atoms with Crippen LogP contribution in [0.25, 0.3) is 0 Å². The van der Waals surface area contributed by atoms with E-state index in [0.717, 1.165) is 0 Å². The number of aliphatic carboxylic acids is 1. The maximum absolute atomic E-state index is 11.7. The van der Waals surface area contributed by atoms with Crippen molar-refractivity contribution in [3.63, 3.8) is 0 Å². The number of methoxy groups -OCH3 is 1. The van der Waals surface area contributed by atoms with E-state index in [1.54, 1.807) is 0 Å². The lowest BCUT2D eigenvalue weighted by atomic mass is 10.1. The molecule has 0 aliphatic heterocycles. The normalized spacial score (nSPS) is 12.7. The molecule has 1 atom stereocenters. The molecular weight excluding hydrogens is 286 g/mol.